The molecule has 2 aliphatic heterocycles. The number of thioether (sulfide) groups is 1. The molecule has 1 saturated heterocycles. The molecule has 3 aliphatic rings. The van der Waals surface area contributed by atoms with E-state index in [0.29, 0.717) is 41.4 Å². The Morgan fingerprint density at radius 3 is 2.62 bits per heavy atom. The number of hydrogen-bond donors (Lipinski definition) is 1. The highest BCUT2D eigenvalue weighted by molar-refractivity contribution is 9.10. The first-order chi connectivity index (χ1) is 14.0. The third kappa shape index (κ3) is 3.04. The number of aromatic nitrogens is 2. The lowest BCUT2D eigenvalue weighted by Crippen LogP contribution is -2.43. The van der Waals surface area contributed by atoms with Crippen LogP contribution >= 0.6 is 27.7 Å². The highest BCUT2D eigenvalue weighted by Gasteiger charge is 2.46. The van der Waals surface area contributed by atoms with E-state index in [1.807, 2.05) is 6.92 Å². The number of piperidine rings is 1. The molecule has 2 aromatic rings. The molecule has 2 atom stereocenters. The first kappa shape index (κ1) is 19.5. The van der Waals surface area contributed by atoms with Crippen molar-refractivity contribution in [1.29, 1.82) is 0 Å². The molecule has 3 heterocycles. The fourth-order valence-electron chi connectivity index (χ4n) is 5.26. The molecule has 0 radical (unpaired) electrons. The second-order valence-electron chi connectivity index (χ2n) is 7.94. The highest BCUT2D eigenvalue weighted by atomic mass is 79.9. The lowest BCUT2D eigenvalue weighted by Gasteiger charge is -2.37. The Bertz CT molecular complexity index is 1010. The predicted molar refractivity (Wildman–Crippen MR) is 111 cm³/mol. The molecule has 9 heteroatoms. The standard InChI is InChI=1S/C20H21BrFN3O3S/c1-2-29-19-23-17(13-9-3-4-10(13)6-25(5-9)20(26)27)14-11-7-28-8-12(11)15(21)16(22)18(14)24-19/h9-10,13H,2-8H2,1H3,(H,26,27). The molecule has 2 bridgehead atoms. The number of fused-ring (bicyclic) bond motifs is 5. The molecule has 5 rings (SSSR count). The van der Waals surface area contributed by atoms with E-state index in [1.165, 1.54) is 16.7 Å². The van der Waals surface area contributed by atoms with Gasteiger partial charge in [0.25, 0.3) is 0 Å². The Kier molecular flexibility index (Phi) is 4.95. The van der Waals surface area contributed by atoms with Gasteiger partial charge in [-0.15, -0.1) is 0 Å². The number of nitrogens with zero attached hydrogens (tertiary/aromatic N) is 3. The first-order valence-corrected chi connectivity index (χ1v) is 11.7. The van der Waals surface area contributed by atoms with Crippen LogP contribution in [0.5, 0.6) is 0 Å². The van der Waals surface area contributed by atoms with Crippen LogP contribution in [-0.4, -0.2) is 44.9 Å². The van der Waals surface area contributed by atoms with Crippen molar-refractivity contribution >= 4 is 44.7 Å². The summed E-state index contributed by atoms with van der Waals surface area (Å²) in [5, 5.41) is 10.8. The summed E-state index contributed by atoms with van der Waals surface area (Å²) in [6.45, 7) is 3.84. The molecule has 6 nitrogen and oxygen atoms in total. The minimum absolute atomic E-state index is 0.123. The average molecular weight is 482 g/mol. The quantitative estimate of drug-likeness (QED) is 0.502. The number of hydrogen-bond acceptors (Lipinski definition) is 5. The molecule has 29 heavy (non-hydrogen) atoms. The topological polar surface area (TPSA) is 75.6 Å². The molecule has 1 N–H and O–H groups in total. The van der Waals surface area contributed by atoms with Gasteiger partial charge in [0.2, 0.25) is 0 Å². The van der Waals surface area contributed by atoms with Crippen LogP contribution in [-0.2, 0) is 18.0 Å². The molecular formula is C20H21BrFN3O3S. The average Bonchev–Trinajstić information content (AvgIpc) is 3.28. The largest absolute Gasteiger partial charge is 0.465 e. The number of rotatable bonds is 3. The van der Waals surface area contributed by atoms with Crippen LogP contribution in [0.2, 0.25) is 0 Å². The van der Waals surface area contributed by atoms with Gasteiger partial charge in [0.1, 0.15) is 5.52 Å². The lowest BCUT2D eigenvalue weighted by atomic mass is 9.80. The number of halogens is 2. The molecule has 154 valence electrons. The van der Waals surface area contributed by atoms with Crippen LogP contribution in [0, 0.1) is 17.7 Å². The van der Waals surface area contributed by atoms with Crippen molar-refractivity contribution in [2.45, 2.75) is 44.1 Å². The molecule has 1 aliphatic carbocycles. The van der Waals surface area contributed by atoms with Crippen LogP contribution in [0.1, 0.15) is 42.5 Å². The van der Waals surface area contributed by atoms with E-state index < -0.39 is 6.09 Å². The van der Waals surface area contributed by atoms with Crippen LogP contribution in [0.3, 0.4) is 0 Å². The van der Waals surface area contributed by atoms with E-state index in [0.717, 1.165) is 40.8 Å². The van der Waals surface area contributed by atoms with Crippen molar-refractivity contribution in [2.24, 2.45) is 11.8 Å². The van der Waals surface area contributed by atoms with Crippen molar-refractivity contribution in [3.8, 4) is 0 Å². The molecule has 0 spiro atoms. The van der Waals surface area contributed by atoms with Gasteiger partial charge in [-0.1, -0.05) is 18.7 Å². The number of benzene rings is 1. The first-order valence-electron chi connectivity index (χ1n) is 9.88. The fourth-order valence-corrected chi connectivity index (χ4v) is 6.38. The van der Waals surface area contributed by atoms with Crippen molar-refractivity contribution < 1.29 is 19.0 Å². The maximum Gasteiger partial charge on any atom is 0.407 e. The van der Waals surface area contributed by atoms with Crippen molar-refractivity contribution in [3.05, 3.63) is 27.1 Å². The van der Waals surface area contributed by atoms with Crippen LogP contribution in [0.15, 0.2) is 9.63 Å². The van der Waals surface area contributed by atoms with Gasteiger partial charge in [-0.25, -0.2) is 19.2 Å². The third-order valence-electron chi connectivity index (χ3n) is 6.43. The number of likely N-dealkylation sites (tertiary alicyclic amines) is 1. The second-order valence-corrected chi connectivity index (χ2v) is 9.96. The Morgan fingerprint density at radius 1 is 1.28 bits per heavy atom. The molecule has 1 amide bonds. The van der Waals surface area contributed by atoms with Crippen molar-refractivity contribution in [1.82, 2.24) is 14.9 Å². The SMILES string of the molecule is CCSc1nc(C2C3CCC2CN(C(=O)O)C3)c2c3c(c(Br)c(F)c2n1)COC3. The molecule has 1 aromatic heterocycles. The zero-order valence-electron chi connectivity index (χ0n) is 16.0. The summed E-state index contributed by atoms with van der Waals surface area (Å²) in [6.07, 6.45) is 1.08. The smallest absolute Gasteiger partial charge is 0.407 e. The summed E-state index contributed by atoms with van der Waals surface area (Å²) in [7, 11) is 0. The Balaban J connectivity index is 1.72. The Hall–Kier alpha value is -1.45. The van der Waals surface area contributed by atoms with Crippen LogP contribution in [0.4, 0.5) is 9.18 Å². The summed E-state index contributed by atoms with van der Waals surface area (Å²) < 4.78 is 21.4. The van der Waals surface area contributed by atoms with Crippen molar-refractivity contribution in [3.63, 3.8) is 0 Å². The van der Waals surface area contributed by atoms with Gasteiger partial charge in [-0.2, -0.15) is 0 Å². The lowest BCUT2D eigenvalue weighted by molar-refractivity contribution is 0.108. The van der Waals surface area contributed by atoms with Crippen LogP contribution in [0.25, 0.3) is 10.9 Å². The maximum absolute atomic E-state index is 15.3. The summed E-state index contributed by atoms with van der Waals surface area (Å²) in [5.74, 6) is 0.963. The van der Waals surface area contributed by atoms with Gasteiger partial charge in [0.15, 0.2) is 11.0 Å². The molecule has 1 aromatic carbocycles. The highest BCUT2D eigenvalue weighted by Crippen LogP contribution is 2.50. The summed E-state index contributed by atoms with van der Waals surface area (Å²) in [4.78, 5) is 22.5. The van der Waals surface area contributed by atoms with Gasteiger partial charge in [0, 0.05) is 30.0 Å². The van der Waals surface area contributed by atoms with E-state index in [2.05, 4.69) is 20.9 Å². The van der Waals surface area contributed by atoms with E-state index in [4.69, 9.17) is 9.72 Å². The Labute approximate surface area is 180 Å². The van der Waals surface area contributed by atoms with E-state index in [1.54, 1.807) is 0 Å². The fraction of sp³-hybridized carbons (Fsp3) is 0.550. The number of carbonyl (C=O) groups is 1. The van der Waals surface area contributed by atoms with Gasteiger partial charge in [-0.05, 0) is 51.9 Å². The summed E-state index contributed by atoms with van der Waals surface area (Å²) >= 11 is 4.91. The molecule has 1 saturated carbocycles. The number of carboxylic acid groups (broad SMARTS) is 1. The van der Waals surface area contributed by atoms with Gasteiger partial charge < -0.3 is 14.7 Å². The zero-order valence-corrected chi connectivity index (χ0v) is 18.4. The molecular weight excluding hydrogens is 461 g/mol. The second kappa shape index (κ2) is 7.35. The monoisotopic (exact) mass is 481 g/mol. The predicted octanol–water partition coefficient (Wildman–Crippen LogP) is 4.78. The minimum Gasteiger partial charge on any atom is -0.465 e. The third-order valence-corrected chi connectivity index (χ3v) is 7.99. The molecule has 2 unspecified atom stereocenters. The van der Waals surface area contributed by atoms with E-state index in [-0.39, 0.29) is 23.6 Å². The van der Waals surface area contributed by atoms with Gasteiger partial charge in [0.05, 0.1) is 23.4 Å². The van der Waals surface area contributed by atoms with E-state index >= 15 is 4.39 Å². The summed E-state index contributed by atoms with van der Waals surface area (Å²) in [5.41, 5.74) is 3.04. The summed E-state index contributed by atoms with van der Waals surface area (Å²) in [6, 6.07) is 0. The Morgan fingerprint density at radius 2 is 1.97 bits per heavy atom. The van der Waals surface area contributed by atoms with Crippen LogP contribution < -0.4 is 0 Å². The maximum atomic E-state index is 15.3. The van der Waals surface area contributed by atoms with Gasteiger partial charge >= 0.3 is 6.09 Å². The normalized spacial score (nSPS) is 25.6. The number of amides is 1. The minimum atomic E-state index is -0.862. The number of ether oxygens (including phenoxy) is 1. The van der Waals surface area contributed by atoms with Gasteiger partial charge in [-0.3, -0.25) is 0 Å². The van der Waals surface area contributed by atoms with Crippen molar-refractivity contribution in [2.75, 3.05) is 18.8 Å². The molecule has 2 fully saturated rings. The van der Waals surface area contributed by atoms with E-state index in [9.17, 15) is 9.90 Å². The zero-order chi connectivity index (χ0) is 20.3.